The van der Waals surface area contributed by atoms with Crippen LogP contribution in [0.25, 0.3) is 0 Å². The maximum atomic E-state index is 12.3. The highest BCUT2D eigenvalue weighted by molar-refractivity contribution is 5.98. The third-order valence-electron chi connectivity index (χ3n) is 2.83. The number of aliphatic hydroxyl groups is 2. The van der Waals surface area contributed by atoms with E-state index in [-0.39, 0.29) is 16.9 Å². The zero-order chi connectivity index (χ0) is 14.5. The predicted octanol–water partition coefficient (Wildman–Crippen LogP) is 1.35. The Morgan fingerprint density at radius 3 is 2.11 bits per heavy atom. The van der Waals surface area contributed by atoms with Crippen LogP contribution in [0.2, 0.25) is 0 Å². The van der Waals surface area contributed by atoms with Crippen LogP contribution in [0.1, 0.15) is 30.4 Å². The molecule has 0 aliphatic rings. The Balaban J connectivity index is 2.39. The molecule has 0 spiro atoms. The minimum Gasteiger partial charge on any atom is -0.381 e. The number of hydrogen-bond acceptors (Lipinski definition) is 3. The van der Waals surface area contributed by atoms with Gasteiger partial charge in [-0.15, -0.1) is 0 Å². The molecule has 1 aromatic carbocycles. The Morgan fingerprint density at radius 1 is 1.05 bits per heavy atom. The van der Waals surface area contributed by atoms with E-state index in [1.54, 1.807) is 0 Å². The molecule has 19 heavy (non-hydrogen) atoms. The average molecular weight is 294 g/mol. The molecule has 7 heteroatoms. The third kappa shape index (κ3) is 5.73. The first-order valence-corrected chi connectivity index (χ1v) is 6.72. The van der Waals surface area contributed by atoms with Crippen molar-refractivity contribution in [1.82, 2.24) is 0 Å². The Kier molecular flexibility index (Phi) is 5.54. The van der Waals surface area contributed by atoms with E-state index in [4.69, 9.17) is 0 Å². The molecule has 0 bridgehead atoms. The van der Waals surface area contributed by atoms with Gasteiger partial charge in [-0.1, -0.05) is 12.1 Å². The lowest BCUT2D eigenvalue weighted by Gasteiger charge is -2.19. The molecule has 0 aliphatic carbocycles. The number of rotatable bonds is 6. The van der Waals surface area contributed by atoms with Crippen LogP contribution in [0.15, 0.2) is 24.3 Å². The van der Waals surface area contributed by atoms with Crippen molar-refractivity contribution in [2.24, 2.45) is 0 Å². The van der Waals surface area contributed by atoms with Crippen LogP contribution in [-0.4, -0.2) is 26.7 Å². The van der Waals surface area contributed by atoms with Crippen LogP contribution in [0.4, 0.5) is 13.2 Å². The first-order chi connectivity index (χ1) is 8.74. The van der Waals surface area contributed by atoms with Crippen LogP contribution in [-0.2, 0) is 17.0 Å². The van der Waals surface area contributed by atoms with Gasteiger partial charge in [-0.05, 0) is 37.0 Å². The number of benzene rings is 1. The normalized spacial score (nSPS) is 12.9. The van der Waals surface area contributed by atoms with Gasteiger partial charge in [-0.3, -0.25) is 0 Å². The maximum Gasteiger partial charge on any atom is 0.416 e. The van der Waals surface area contributed by atoms with Gasteiger partial charge >= 0.3 is 6.18 Å². The summed E-state index contributed by atoms with van der Waals surface area (Å²) in [6, 6.07) is 4.99. The van der Waals surface area contributed by atoms with E-state index in [9.17, 15) is 23.4 Å². The van der Waals surface area contributed by atoms with Crippen molar-refractivity contribution >= 4 is 10.5 Å². The zero-order valence-corrected chi connectivity index (χ0v) is 12.6. The molecule has 1 aromatic rings. The molecule has 0 fully saturated rings. The third-order valence-corrected chi connectivity index (χ3v) is 3.48. The van der Waals surface area contributed by atoms with Gasteiger partial charge in [-0.2, -0.15) is 13.2 Å². The molecule has 0 amide bonds. The maximum absolute atomic E-state index is 12.3. The van der Waals surface area contributed by atoms with Crippen LogP contribution < -0.4 is 0 Å². The fourth-order valence-corrected chi connectivity index (χ4v) is 1.85. The Hall–Kier alpha value is -0.893. The number of unbranched alkanes of at least 4 members (excludes halogenated alkanes) is 1. The predicted molar refractivity (Wildman–Crippen MR) is 67.2 cm³/mol. The lowest BCUT2D eigenvalue weighted by molar-refractivity contribution is -0.295. The topological polar surface area (TPSA) is 49.7 Å². The lowest BCUT2D eigenvalue weighted by atomic mass is 10.0. The zero-order valence-electron chi connectivity index (χ0n) is 10.6. The van der Waals surface area contributed by atoms with Gasteiger partial charge < -0.3 is 14.6 Å². The summed E-state index contributed by atoms with van der Waals surface area (Å²) < 4.78 is 41.6. The molecule has 0 aromatic heterocycles. The Labute approximate surface area is 112 Å². The van der Waals surface area contributed by atoms with Crippen molar-refractivity contribution in [3.05, 3.63) is 35.4 Å². The van der Waals surface area contributed by atoms with Gasteiger partial charge in [0.2, 0.25) is 0 Å². The second kappa shape index (κ2) is 6.51. The summed E-state index contributed by atoms with van der Waals surface area (Å²) in [5, 5.41) is 18.4. The summed E-state index contributed by atoms with van der Waals surface area (Å²) in [5.74, 6) is -2.06. The quantitative estimate of drug-likeness (QED) is 0.473. The second-order valence-corrected chi connectivity index (χ2v) is 4.76. The van der Waals surface area contributed by atoms with Gasteiger partial charge in [0.15, 0.2) is 10.5 Å². The number of hydrogen-bond donors (Lipinski definition) is 2. The minimum absolute atomic E-state index is 0.0944. The fraction of sp³-hybridized carbons (Fsp3) is 0.500. The molecule has 0 radical (unpaired) electrons. The second-order valence-electron chi connectivity index (χ2n) is 4.35. The van der Waals surface area contributed by atoms with Gasteiger partial charge in [-0.25, -0.2) is 0 Å². The largest absolute Gasteiger partial charge is 0.416 e. The monoisotopic (exact) mass is 294 g/mol. The minimum atomic E-state index is -4.31. The van der Waals surface area contributed by atoms with E-state index in [0.29, 0.717) is 19.3 Å². The number of aryl methyl sites for hydroxylation is 1. The van der Waals surface area contributed by atoms with Gasteiger partial charge in [0.1, 0.15) is 0 Å². The SMILES string of the molecule is OC(O)(CCCCc1ccc(C(F)(F)F)cc1)O[SiH3]. The van der Waals surface area contributed by atoms with Gasteiger partial charge in [0, 0.05) is 6.42 Å². The fourth-order valence-electron chi connectivity index (χ4n) is 1.65. The number of alkyl halides is 3. The highest BCUT2D eigenvalue weighted by atomic mass is 28.2. The Bertz CT molecular complexity index is 390. The first kappa shape index (κ1) is 16.2. The smallest absolute Gasteiger partial charge is 0.381 e. The molecule has 0 saturated carbocycles. The van der Waals surface area contributed by atoms with Crippen molar-refractivity contribution < 1.29 is 27.8 Å². The van der Waals surface area contributed by atoms with Crippen molar-refractivity contribution in [1.29, 1.82) is 0 Å². The molecule has 0 unspecified atom stereocenters. The van der Waals surface area contributed by atoms with Crippen molar-refractivity contribution in [2.45, 2.75) is 37.8 Å². The van der Waals surface area contributed by atoms with Crippen LogP contribution in [0.3, 0.4) is 0 Å². The van der Waals surface area contributed by atoms with Crippen LogP contribution >= 0.6 is 0 Å². The van der Waals surface area contributed by atoms with Gasteiger partial charge in [0.05, 0.1) is 5.56 Å². The number of halogens is 3. The molecule has 108 valence electrons. The summed E-state index contributed by atoms with van der Waals surface area (Å²) in [7, 11) is 0.229. The summed E-state index contributed by atoms with van der Waals surface area (Å²) in [6.07, 6.45) is -2.45. The molecule has 2 N–H and O–H groups in total. The van der Waals surface area contributed by atoms with E-state index < -0.39 is 17.7 Å². The molecular weight excluding hydrogens is 277 g/mol. The molecule has 3 nitrogen and oxygen atoms in total. The average Bonchev–Trinajstić information content (AvgIpc) is 2.34. The highest BCUT2D eigenvalue weighted by Crippen LogP contribution is 2.29. The van der Waals surface area contributed by atoms with E-state index in [1.165, 1.54) is 12.1 Å². The Morgan fingerprint density at radius 2 is 1.63 bits per heavy atom. The standard InChI is InChI=1S/C12H17F3O3Si/c13-12(14,15)10-6-4-9(5-7-10)3-1-2-8-11(16,17)18-19/h4-7,16-17H,1-3,8H2,19H3. The molecule has 0 atom stereocenters. The molecule has 0 aliphatic heterocycles. The van der Waals surface area contributed by atoms with E-state index >= 15 is 0 Å². The van der Waals surface area contributed by atoms with Gasteiger partial charge in [0.25, 0.3) is 5.97 Å². The lowest BCUT2D eigenvalue weighted by Crippen LogP contribution is -2.30. The summed E-state index contributed by atoms with van der Waals surface area (Å²) in [6.45, 7) is 0. The first-order valence-electron chi connectivity index (χ1n) is 5.91. The van der Waals surface area contributed by atoms with Crippen LogP contribution in [0.5, 0.6) is 0 Å². The molecular formula is C12H17F3O3Si. The van der Waals surface area contributed by atoms with E-state index in [0.717, 1.165) is 17.7 Å². The highest BCUT2D eigenvalue weighted by Gasteiger charge is 2.29. The summed E-state index contributed by atoms with van der Waals surface area (Å²) in [5.41, 5.74) is 0.131. The van der Waals surface area contributed by atoms with Crippen molar-refractivity contribution in [3.8, 4) is 0 Å². The van der Waals surface area contributed by atoms with Crippen molar-refractivity contribution in [2.75, 3.05) is 0 Å². The molecule has 1 rings (SSSR count). The molecule has 0 saturated heterocycles. The molecule has 0 heterocycles. The van der Waals surface area contributed by atoms with Crippen LogP contribution in [0, 0.1) is 0 Å². The van der Waals surface area contributed by atoms with Crippen molar-refractivity contribution in [3.63, 3.8) is 0 Å². The van der Waals surface area contributed by atoms with E-state index in [1.807, 2.05) is 0 Å². The van der Waals surface area contributed by atoms with E-state index in [2.05, 4.69) is 4.43 Å². The summed E-state index contributed by atoms with van der Waals surface area (Å²) in [4.78, 5) is 0. The summed E-state index contributed by atoms with van der Waals surface area (Å²) >= 11 is 0.